The van der Waals surface area contributed by atoms with Crippen LogP contribution in [0.15, 0.2) is 12.1 Å². The van der Waals surface area contributed by atoms with Gasteiger partial charge in [-0.15, -0.1) is 0 Å². The molecule has 0 spiro atoms. The van der Waals surface area contributed by atoms with E-state index in [1.54, 1.807) is 12.1 Å². The molecule has 3 rings (SSSR count). The van der Waals surface area contributed by atoms with Gasteiger partial charge in [-0.3, -0.25) is 4.79 Å². The van der Waals surface area contributed by atoms with Crippen molar-refractivity contribution in [2.75, 3.05) is 36.1 Å². The van der Waals surface area contributed by atoms with E-state index in [-0.39, 0.29) is 24.5 Å². The number of carbonyl (C=O) groups excluding carboxylic acids is 1. The van der Waals surface area contributed by atoms with Crippen LogP contribution in [0.3, 0.4) is 0 Å². The number of nitrogen functional groups attached to an aromatic ring is 1. The second-order valence-electron chi connectivity index (χ2n) is 5.60. The molecule has 0 aromatic heterocycles. The topological polar surface area (TPSA) is 96.6 Å². The molecule has 1 heterocycles. The summed E-state index contributed by atoms with van der Waals surface area (Å²) in [6.07, 6.45) is 3.07. The number of aliphatic hydroxyl groups excluding tert-OH is 1. The Kier molecular flexibility index (Phi) is 3.17. The first-order chi connectivity index (χ1) is 9.62. The van der Waals surface area contributed by atoms with Crippen LogP contribution < -0.4 is 21.1 Å². The molecule has 0 atom stereocenters. The first-order valence-electron chi connectivity index (χ1n) is 6.83. The van der Waals surface area contributed by atoms with Crippen molar-refractivity contribution in [1.82, 2.24) is 0 Å². The highest BCUT2D eigenvalue weighted by Gasteiger charge is 2.41. The lowest BCUT2D eigenvalue weighted by Gasteiger charge is -2.22. The molecule has 0 saturated heterocycles. The highest BCUT2D eigenvalue weighted by molar-refractivity contribution is 5.97. The molecule has 0 unspecified atom stereocenters. The first kappa shape index (κ1) is 13.1. The van der Waals surface area contributed by atoms with Gasteiger partial charge in [0, 0.05) is 19.2 Å². The number of aliphatic hydroxyl groups is 1. The van der Waals surface area contributed by atoms with Crippen LogP contribution in [0.2, 0.25) is 0 Å². The number of carbonyl (C=O) groups is 1. The molecule has 0 radical (unpaired) electrons. The summed E-state index contributed by atoms with van der Waals surface area (Å²) in [4.78, 5) is 11.3. The summed E-state index contributed by atoms with van der Waals surface area (Å²) in [6, 6.07) is 3.53. The van der Waals surface area contributed by atoms with Gasteiger partial charge in [-0.2, -0.15) is 0 Å². The van der Waals surface area contributed by atoms with E-state index in [9.17, 15) is 4.79 Å². The van der Waals surface area contributed by atoms with Crippen molar-refractivity contribution in [3.8, 4) is 5.75 Å². The fourth-order valence-electron chi connectivity index (χ4n) is 2.51. The van der Waals surface area contributed by atoms with Gasteiger partial charge in [-0.1, -0.05) is 0 Å². The summed E-state index contributed by atoms with van der Waals surface area (Å²) < 4.78 is 5.31. The molecule has 0 bridgehead atoms. The molecule has 20 heavy (non-hydrogen) atoms. The lowest BCUT2D eigenvalue weighted by atomic mass is 10.0. The molecular formula is C14H19N3O3. The van der Waals surface area contributed by atoms with E-state index in [1.165, 1.54) is 0 Å². The summed E-state index contributed by atoms with van der Waals surface area (Å²) >= 11 is 0. The van der Waals surface area contributed by atoms with Crippen LogP contribution >= 0.6 is 0 Å². The predicted molar refractivity (Wildman–Crippen MR) is 76.8 cm³/mol. The fraction of sp³-hybridized carbons (Fsp3) is 0.500. The van der Waals surface area contributed by atoms with Gasteiger partial charge in [0.2, 0.25) is 0 Å². The number of benzene rings is 1. The fourth-order valence-corrected chi connectivity index (χ4v) is 2.51. The normalized spacial score (nSPS) is 18.8. The van der Waals surface area contributed by atoms with Gasteiger partial charge >= 0.3 is 0 Å². The smallest absolute Gasteiger partial charge is 0.262 e. The highest BCUT2D eigenvalue weighted by atomic mass is 16.5. The van der Waals surface area contributed by atoms with Gasteiger partial charge in [0.15, 0.2) is 6.61 Å². The minimum absolute atomic E-state index is 0.0266. The maximum absolute atomic E-state index is 11.3. The molecule has 6 nitrogen and oxygen atoms in total. The molecule has 1 aromatic rings. The van der Waals surface area contributed by atoms with Crippen LogP contribution in [0.5, 0.6) is 5.75 Å². The largest absolute Gasteiger partial charge is 0.482 e. The monoisotopic (exact) mass is 277 g/mol. The Morgan fingerprint density at radius 2 is 2.25 bits per heavy atom. The maximum Gasteiger partial charge on any atom is 0.262 e. The second-order valence-corrected chi connectivity index (χ2v) is 5.60. The first-order valence-corrected chi connectivity index (χ1v) is 6.83. The van der Waals surface area contributed by atoms with E-state index in [2.05, 4.69) is 10.6 Å². The number of nitrogens with two attached hydrogens (primary N) is 1. The van der Waals surface area contributed by atoms with Crippen molar-refractivity contribution in [2.24, 2.45) is 5.41 Å². The zero-order valence-electron chi connectivity index (χ0n) is 11.2. The lowest BCUT2D eigenvalue weighted by Crippen LogP contribution is -2.25. The number of rotatable bonds is 5. The number of anilines is 3. The molecule has 1 aromatic carbocycles. The van der Waals surface area contributed by atoms with E-state index < -0.39 is 0 Å². The number of amides is 1. The Hall–Kier alpha value is -1.95. The minimum Gasteiger partial charge on any atom is -0.482 e. The Labute approximate surface area is 117 Å². The predicted octanol–water partition coefficient (Wildman–Crippen LogP) is 1.17. The van der Waals surface area contributed by atoms with E-state index in [0.29, 0.717) is 17.1 Å². The summed E-state index contributed by atoms with van der Waals surface area (Å²) in [5, 5.41) is 15.2. The van der Waals surface area contributed by atoms with E-state index in [1.807, 2.05) is 0 Å². The van der Waals surface area contributed by atoms with Crippen LogP contribution in [0.1, 0.15) is 19.3 Å². The van der Waals surface area contributed by atoms with E-state index in [0.717, 1.165) is 31.5 Å². The van der Waals surface area contributed by atoms with Crippen LogP contribution in [-0.4, -0.2) is 30.8 Å². The second kappa shape index (κ2) is 4.86. The lowest BCUT2D eigenvalue weighted by molar-refractivity contribution is -0.118. The third kappa shape index (κ3) is 2.51. The standard InChI is InChI=1S/C14H19N3O3/c15-9-5-12-11(17-13(19)7-20-12)6-10(9)16-8-14(1-2-14)3-4-18/h5-6,16,18H,1-4,7-8,15H2,(H,17,19). The summed E-state index contributed by atoms with van der Waals surface area (Å²) in [7, 11) is 0. The van der Waals surface area contributed by atoms with Crippen molar-refractivity contribution >= 4 is 23.0 Å². The quantitative estimate of drug-likeness (QED) is 0.606. The number of nitrogens with one attached hydrogen (secondary N) is 2. The van der Waals surface area contributed by atoms with Crippen molar-refractivity contribution in [3.63, 3.8) is 0 Å². The zero-order chi connectivity index (χ0) is 14.2. The minimum atomic E-state index is -0.160. The van der Waals surface area contributed by atoms with Gasteiger partial charge in [0.25, 0.3) is 5.91 Å². The molecule has 1 amide bonds. The Morgan fingerprint density at radius 1 is 1.45 bits per heavy atom. The summed E-state index contributed by atoms with van der Waals surface area (Å²) in [5.41, 5.74) is 8.23. The van der Waals surface area contributed by atoms with Gasteiger partial charge in [-0.05, 0) is 30.7 Å². The molecule has 5 N–H and O–H groups in total. The number of hydrogen-bond donors (Lipinski definition) is 4. The van der Waals surface area contributed by atoms with Gasteiger partial charge in [-0.25, -0.2) is 0 Å². The molecule has 1 fully saturated rings. The molecule has 1 aliphatic carbocycles. The summed E-state index contributed by atoms with van der Waals surface area (Å²) in [5.74, 6) is 0.441. The van der Waals surface area contributed by atoms with Crippen molar-refractivity contribution < 1.29 is 14.6 Å². The van der Waals surface area contributed by atoms with Crippen molar-refractivity contribution in [1.29, 1.82) is 0 Å². The Morgan fingerprint density at radius 3 is 2.95 bits per heavy atom. The number of hydrogen-bond acceptors (Lipinski definition) is 5. The third-order valence-corrected chi connectivity index (χ3v) is 4.04. The third-order valence-electron chi connectivity index (χ3n) is 4.04. The van der Waals surface area contributed by atoms with Crippen molar-refractivity contribution in [3.05, 3.63) is 12.1 Å². The zero-order valence-corrected chi connectivity index (χ0v) is 11.2. The maximum atomic E-state index is 11.3. The van der Waals surface area contributed by atoms with Crippen LogP contribution in [0.25, 0.3) is 0 Å². The molecule has 2 aliphatic rings. The average Bonchev–Trinajstić information content (AvgIpc) is 3.17. The number of fused-ring (bicyclic) bond motifs is 1. The van der Waals surface area contributed by atoms with Crippen LogP contribution in [-0.2, 0) is 4.79 Å². The molecular weight excluding hydrogens is 258 g/mol. The Bertz CT molecular complexity index is 541. The van der Waals surface area contributed by atoms with Gasteiger partial charge in [0.1, 0.15) is 5.75 Å². The van der Waals surface area contributed by atoms with E-state index >= 15 is 0 Å². The highest BCUT2D eigenvalue weighted by Crippen LogP contribution is 2.49. The van der Waals surface area contributed by atoms with Crippen molar-refractivity contribution in [2.45, 2.75) is 19.3 Å². The molecule has 108 valence electrons. The average molecular weight is 277 g/mol. The van der Waals surface area contributed by atoms with Crippen LogP contribution in [0.4, 0.5) is 17.1 Å². The van der Waals surface area contributed by atoms with Gasteiger partial charge < -0.3 is 26.2 Å². The molecule has 1 saturated carbocycles. The molecule has 6 heteroatoms. The van der Waals surface area contributed by atoms with E-state index in [4.69, 9.17) is 15.6 Å². The van der Waals surface area contributed by atoms with Gasteiger partial charge in [0.05, 0.1) is 17.1 Å². The number of ether oxygens (including phenoxy) is 1. The molecule has 1 aliphatic heterocycles. The van der Waals surface area contributed by atoms with Crippen LogP contribution in [0, 0.1) is 5.41 Å². The summed E-state index contributed by atoms with van der Waals surface area (Å²) in [6.45, 7) is 1.02. The SMILES string of the molecule is Nc1cc2c(cc1NCC1(CCO)CC1)NC(=O)CO2. The Balaban J connectivity index is 1.73.